The molecule has 5 heteroatoms. The molecule has 0 atom stereocenters. The Labute approximate surface area is 83.0 Å². The van der Waals surface area contributed by atoms with Crippen LogP contribution in [0.5, 0.6) is 0 Å². The maximum absolute atomic E-state index is 12.5. The Morgan fingerprint density at radius 2 is 1.67 bits per heavy atom. The third-order valence-electron chi connectivity index (χ3n) is 1.70. The van der Waals surface area contributed by atoms with E-state index in [2.05, 4.69) is 0 Å². The molecule has 0 spiro atoms. The number of carbonyl (C=O) groups excluding carboxylic acids is 1. The number of rotatable bonds is 2. The number of alkyl halides is 3. The van der Waals surface area contributed by atoms with Crippen LogP contribution >= 0.6 is 0 Å². The van der Waals surface area contributed by atoms with Crippen molar-refractivity contribution in [3.05, 3.63) is 41.7 Å². The van der Waals surface area contributed by atoms with Crippen LogP contribution in [-0.2, 0) is 4.79 Å². The van der Waals surface area contributed by atoms with Crippen molar-refractivity contribution >= 4 is 11.9 Å². The SMILES string of the molecule is O=C/C=C(\c1ccc(F)cc1)C(F)(F)F. The second-order valence-electron chi connectivity index (χ2n) is 2.72. The predicted molar refractivity (Wildman–Crippen MR) is 46.5 cm³/mol. The van der Waals surface area contributed by atoms with Gasteiger partial charge < -0.3 is 0 Å². The van der Waals surface area contributed by atoms with Crippen LogP contribution in [-0.4, -0.2) is 12.5 Å². The summed E-state index contributed by atoms with van der Waals surface area (Å²) >= 11 is 0. The highest BCUT2D eigenvalue weighted by molar-refractivity contribution is 5.83. The molecule has 0 fully saturated rings. The molecule has 1 nitrogen and oxygen atoms in total. The van der Waals surface area contributed by atoms with E-state index < -0.39 is 17.6 Å². The van der Waals surface area contributed by atoms with Crippen molar-refractivity contribution in [2.45, 2.75) is 6.18 Å². The monoisotopic (exact) mass is 218 g/mol. The minimum absolute atomic E-state index is 0.0478. The summed E-state index contributed by atoms with van der Waals surface area (Å²) in [6.45, 7) is 0. The quantitative estimate of drug-likeness (QED) is 0.423. The lowest BCUT2D eigenvalue weighted by atomic mass is 10.1. The van der Waals surface area contributed by atoms with Gasteiger partial charge in [-0.1, -0.05) is 12.1 Å². The van der Waals surface area contributed by atoms with Gasteiger partial charge in [-0.05, 0) is 23.8 Å². The molecule has 15 heavy (non-hydrogen) atoms. The van der Waals surface area contributed by atoms with E-state index in [0.717, 1.165) is 24.3 Å². The summed E-state index contributed by atoms with van der Waals surface area (Å²) in [5, 5.41) is 0. The lowest BCUT2D eigenvalue weighted by molar-refractivity contribution is -0.104. The van der Waals surface area contributed by atoms with Crippen LogP contribution in [0.1, 0.15) is 5.56 Å². The smallest absolute Gasteiger partial charge is 0.299 e. The van der Waals surface area contributed by atoms with E-state index >= 15 is 0 Å². The van der Waals surface area contributed by atoms with E-state index in [0.29, 0.717) is 6.08 Å². The van der Waals surface area contributed by atoms with Crippen molar-refractivity contribution in [3.8, 4) is 0 Å². The van der Waals surface area contributed by atoms with Crippen LogP contribution in [0.3, 0.4) is 0 Å². The van der Waals surface area contributed by atoms with Crippen LogP contribution in [0, 0.1) is 5.82 Å². The molecule has 0 bridgehead atoms. The van der Waals surface area contributed by atoms with Gasteiger partial charge >= 0.3 is 6.18 Å². The highest BCUT2D eigenvalue weighted by Crippen LogP contribution is 2.33. The van der Waals surface area contributed by atoms with E-state index in [-0.39, 0.29) is 11.8 Å². The molecular formula is C10H6F4O. The maximum Gasteiger partial charge on any atom is 0.417 e. The fourth-order valence-corrected chi connectivity index (χ4v) is 1.05. The number of allylic oxidation sites excluding steroid dienone is 2. The number of aldehydes is 1. The number of hydrogen-bond acceptors (Lipinski definition) is 1. The second-order valence-corrected chi connectivity index (χ2v) is 2.72. The Hall–Kier alpha value is -1.65. The zero-order chi connectivity index (χ0) is 11.5. The van der Waals surface area contributed by atoms with Crippen molar-refractivity contribution < 1.29 is 22.4 Å². The fourth-order valence-electron chi connectivity index (χ4n) is 1.05. The van der Waals surface area contributed by atoms with E-state index in [4.69, 9.17) is 0 Å². The van der Waals surface area contributed by atoms with E-state index in [1.165, 1.54) is 0 Å². The summed E-state index contributed by atoms with van der Waals surface area (Å²) in [5.74, 6) is -0.633. The average Bonchev–Trinajstić information content (AvgIpc) is 2.14. The first kappa shape index (κ1) is 11.4. The summed E-state index contributed by atoms with van der Waals surface area (Å²) < 4.78 is 49.6. The Morgan fingerprint density at radius 1 is 1.13 bits per heavy atom. The lowest BCUT2D eigenvalue weighted by Gasteiger charge is -2.10. The molecular weight excluding hydrogens is 212 g/mol. The molecule has 1 aromatic rings. The van der Waals surface area contributed by atoms with Gasteiger partial charge in [-0.2, -0.15) is 13.2 Å². The molecule has 0 N–H and O–H groups in total. The summed E-state index contributed by atoms with van der Waals surface area (Å²) in [6, 6.07) is 3.75. The maximum atomic E-state index is 12.5. The Kier molecular flexibility index (Phi) is 3.24. The van der Waals surface area contributed by atoms with Crippen LogP contribution < -0.4 is 0 Å². The van der Waals surface area contributed by atoms with Crippen molar-refractivity contribution in [2.24, 2.45) is 0 Å². The molecule has 0 unspecified atom stereocenters. The fraction of sp³-hybridized carbons (Fsp3) is 0.100. The molecule has 80 valence electrons. The Bertz CT molecular complexity index is 375. The molecule has 0 aliphatic heterocycles. The van der Waals surface area contributed by atoms with Gasteiger partial charge in [-0.3, -0.25) is 4.79 Å². The van der Waals surface area contributed by atoms with Gasteiger partial charge in [0.05, 0.1) is 5.57 Å². The summed E-state index contributed by atoms with van der Waals surface area (Å²) in [6.07, 6.45) is -4.17. The highest BCUT2D eigenvalue weighted by atomic mass is 19.4. The molecule has 1 rings (SSSR count). The predicted octanol–water partition coefficient (Wildman–Crippen LogP) is 2.97. The first-order chi connectivity index (χ1) is 6.95. The van der Waals surface area contributed by atoms with Gasteiger partial charge in [0.15, 0.2) is 0 Å². The summed E-state index contributed by atoms with van der Waals surface area (Å²) in [4.78, 5) is 10.1. The zero-order valence-electron chi connectivity index (χ0n) is 7.38. The molecule has 0 amide bonds. The van der Waals surface area contributed by atoms with Crippen molar-refractivity contribution in [1.82, 2.24) is 0 Å². The molecule has 0 aromatic heterocycles. The van der Waals surface area contributed by atoms with E-state index in [1.807, 2.05) is 0 Å². The van der Waals surface area contributed by atoms with Gasteiger partial charge in [0.1, 0.15) is 12.1 Å². The minimum atomic E-state index is -4.63. The highest BCUT2D eigenvalue weighted by Gasteiger charge is 2.34. The molecule has 1 aromatic carbocycles. The largest absolute Gasteiger partial charge is 0.417 e. The Morgan fingerprint density at radius 3 is 2.07 bits per heavy atom. The number of benzene rings is 1. The first-order valence-electron chi connectivity index (χ1n) is 3.94. The topological polar surface area (TPSA) is 17.1 Å². The van der Waals surface area contributed by atoms with Gasteiger partial charge in [0.2, 0.25) is 0 Å². The molecule has 0 saturated carbocycles. The van der Waals surface area contributed by atoms with Crippen molar-refractivity contribution in [3.63, 3.8) is 0 Å². The molecule has 0 saturated heterocycles. The standard InChI is InChI=1S/C10H6F4O/c11-8-3-1-7(2-4-8)9(5-6-15)10(12,13)14/h1-6H/b9-5+. The Balaban J connectivity index is 3.17. The number of hydrogen-bond donors (Lipinski definition) is 0. The third-order valence-corrected chi connectivity index (χ3v) is 1.70. The van der Waals surface area contributed by atoms with Crippen LogP contribution in [0.15, 0.2) is 30.3 Å². The average molecular weight is 218 g/mol. The van der Waals surface area contributed by atoms with Gasteiger partial charge in [-0.25, -0.2) is 4.39 Å². The van der Waals surface area contributed by atoms with Crippen LogP contribution in [0.2, 0.25) is 0 Å². The van der Waals surface area contributed by atoms with Crippen molar-refractivity contribution in [1.29, 1.82) is 0 Å². The minimum Gasteiger partial charge on any atom is -0.299 e. The van der Waals surface area contributed by atoms with Gasteiger partial charge in [0.25, 0.3) is 0 Å². The van der Waals surface area contributed by atoms with E-state index in [9.17, 15) is 22.4 Å². The van der Waals surface area contributed by atoms with Crippen LogP contribution in [0.25, 0.3) is 5.57 Å². The van der Waals surface area contributed by atoms with Crippen LogP contribution in [0.4, 0.5) is 17.6 Å². The zero-order valence-corrected chi connectivity index (χ0v) is 7.38. The summed E-state index contributed by atoms with van der Waals surface area (Å²) in [7, 11) is 0. The third kappa shape index (κ3) is 2.90. The molecule has 0 aliphatic carbocycles. The first-order valence-corrected chi connectivity index (χ1v) is 3.94. The van der Waals surface area contributed by atoms with E-state index in [1.54, 1.807) is 0 Å². The molecule has 0 heterocycles. The normalized spacial score (nSPS) is 12.7. The number of halogens is 4. The second kappa shape index (κ2) is 4.25. The van der Waals surface area contributed by atoms with Gasteiger partial charge in [0, 0.05) is 0 Å². The molecule has 0 aliphatic rings. The summed E-state index contributed by atoms with van der Waals surface area (Å²) in [5.41, 5.74) is -1.33. The molecule has 0 radical (unpaired) electrons. The number of carbonyl (C=O) groups is 1. The van der Waals surface area contributed by atoms with Crippen molar-refractivity contribution in [2.75, 3.05) is 0 Å². The van der Waals surface area contributed by atoms with Gasteiger partial charge in [-0.15, -0.1) is 0 Å². The lowest BCUT2D eigenvalue weighted by Crippen LogP contribution is -2.11.